The van der Waals surface area contributed by atoms with Crippen LogP contribution in [0.25, 0.3) is 0 Å². The second-order valence-electron chi connectivity index (χ2n) is 6.87. The molecule has 3 aromatic rings. The van der Waals surface area contributed by atoms with Gasteiger partial charge in [-0.15, -0.1) is 11.8 Å². The fourth-order valence-electron chi connectivity index (χ4n) is 3.11. The molecule has 0 fully saturated rings. The number of hydrogen-bond acceptors (Lipinski definition) is 6. The van der Waals surface area contributed by atoms with Crippen molar-refractivity contribution in [1.29, 1.82) is 0 Å². The van der Waals surface area contributed by atoms with E-state index in [4.69, 9.17) is 14.2 Å². The van der Waals surface area contributed by atoms with Crippen LogP contribution in [0.1, 0.15) is 10.4 Å². The average molecular weight is 451 g/mol. The number of nitrogens with one attached hydrogen (secondary N) is 2. The number of ether oxygens (including phenoxy) is 3. The molecule has 164 valence electrons. The molecule has 0 aliphatic carbocycles. The summed E-state index contributed by atoms with van der Waals surface area (Å²) in [5.41, 5.74) is 1.46. The molecular weight excluding hydrogens is 428 g/mol. The Bertz CT molecular complexity index is 1120. The van der Waals surface area contributed by atoms with Crippen molar-refractivity contribution in [3.8, 4) is 17.2 Å². The third-order valence-electron chi connectivity index (χ3n) is 4.68. The largest absolute Gasteiger partial charge is 0.497 e. The Labute approximate surface area is 190 Å². The van der Waals surface area contributed by atoms with Crippen LogP contribution in [0.15, 0.2) is 71.6 Å². The number of hydrogen-bond donors (Lipinski definition) is 2. The van der Waals surface area contributed by atoms with E-state index in [0.717, 1.165) is 4.90 Å². The van der Waals surface area contributed by atoms with Gasteiger partial charge in [0.1, 0.15) is 19.0 Å². The van der Waals surface area contributed by atoms with Gasteiger partial charge in [-0.05, 0) is 54.6 Å². The summed E-state index contributed by atoms with van der Waals surface area (Å²) in [5.74, 6) is 1.75. The molecule has 32 heavy (non-hydrogen) atoms. The van der Waals surface area contributed by atoms with E-state index in [1.807, 2.05) is 18.2 Å². The van der Waals surface area contributed by atoms with Crippen LogP contribution in [0.3, 0.4) is 0 Å². The summed E-state index contributed by atoms with van der Waals surface area (Å²) in [6.07, 6.45) is 0. The highest BCUT2D eigenvalue weighted by Crippen LogP contribution is 2.34. The summed E-state index contributed by atoms with van der Waals surface area (Å²) in [6, 6.07) is 19.5. The Kier molecular flexibility index (Phi) is 6.81. The fourth-order valence-corrected chi connectivity index (χ4v) is 3.84. The van der Waals surface area contributed by atoms with Crippen LogP contribution < -0.4 is 24.8 Å². The fraction of sp³-hybridized carbons (Fsp3) is 0.167. The Morgan fingerprint density at radius 1 is 0.938 bits per heavy atom. The topological polar surface area (TPSA) is 85.9 Å². The van der Waals surface area contributed by atoms with Crippen LogP contribution >= 0.6 is 11.8 Å². The van der Waals surface area contributed by atoms with Crippen molar-refractivity contribution in [3.05, 3.63) is 72.3 Å². The number of thioether (sulfide) groups is 1. The molecule has 0 spiro atoms. The number of methoxy groups -OCH3 is 1. The molecule has 0 saturated heterocycles. The number of rotatable bonds is 7. The van der Waals surface area contributed by atoms with Gasteiger partial charge in [-0.25, -0.2) is 0 Å². The molecule has 0 radical (unpaired) electrons. The quantitative estimate of drug-likeness (QED) is 0.518. The zero-order chi connectivity index (χ0) is 22.3. The van der Waals surface area contributed by atoms with Crippen LogP contribution in [0.4, 0.5) is 11.4 Å². The minimum absolute atomic E-state index is 0.189. The molecule has 7 nitrogen and oxygen atoms in total. The van der Waals surface area contributed by atoms with Crippen molar-refractivity contribution in [1.82, 2.24) is 0 Å². The van der Waals surface area contributed by atoms with Gasteiger partial charge >= 0.3 is 0 Å². The zero-order valence-corrected chi connectivity index (χ0v) is 18.2. The number of fused-ring (bicyclic) bond motifs is 1. The summed E-state index contributed by atoms with van der Waals surface area (Å²) in [4.78, 5) is 26.2. The first-order chi connectivity index (χ1) is 15.6. The molecule has 8 heteroatoms. The van der Waals surface area contributed by atoms with E-state index < -0.39 is 0 Å². The summed E-state index contributed by atoms with van der Waals surface area (Å²) >= 11 is 1.38. The lowest BCUT2D eigenvalue weighted by molar-refractivity contribution is -0.113. The van der Waals surface area contributed by atoms with Gasteiger partial charge in [0, 0.05) is 10.6 Å². The van der Waals surface area contributed by atoms with Crippen molar-refractivity contribution >= 4 is 35.0 Å². The van der Waals surface area contributed by atoms with Crippen molar-refractivity contribution in [2.45, 2.75) is 4.90 Å². The van der Waals surface area contributed by atoms with Crippen LogP contribution in [0.5, 0.6) is 17.2 Å². The molecule has 0 saturated carbocycles. The van der Waals surface area contributed by atoms with E-state index >= 15 is 0 Å². The maximum atomic E-state index is 12.8. The normalized spacial score (nSPS) is 12.0. The van der Waals surface area contributed by atoms with E-state index in [1.165, 1.54) is 11.8 Å². The highest BCUT2D eigenvalue weighted by atomic mass is 32.2. The van der Waals surface area contributed by atoms with E-state index in [1.54, 1.807) is 55.6 Å². The van der Waals surface area contributed by atoms with Crippen molar-refractivity contribution < 1.29 is 23.8 Å². The summed E-state index contributed by atoms with van der Waals surface area (Å²) in [6.45, 7) is 1.05. The van der Waals surface area contributed by atoms with Crippen molar-refractivity contribution in [2.75, 3.05) is 36.7 Å². The van der Waals surface area contributed by atoms with Gasteiger partial charge in [-0.3, -0.25) is 9.59 Å². The molecule has 0 atom stereocenters. The molecule has 3 aromatic carbocycles. The molecule has 2 amide bonds. The van der Waals surface area contributed by atoms with Gasteiger partial charge in [0.25, 0.3) is 5.91 Å². The molecule has 4 rings (SSSR count). The highest BCUT2D eigenvalue weighted by molar-refractivity contribution is 8.00. The maximum absolute atomic E-state index is 12.8. The monoisotopic (exact) mass is 450 g/mol. The number of amides is 2. The maximum Gasteiger partial charge on any atom is 0.257 e. The third kappa shape index (κ3) is 5.33. The molecule has 1 aliphatic heterocycles. The summed E-state index contributed by atoms with van der Waals surface area (Å²) in [7, 11) is 1.58. The van der Waals surface area contributed by atoms with E-state index in [2.05, 4.69) is 10.6 Å². The van der Waals surface area contributed by atoms with E-state index in [-0.39, 0.29) is 17.6 Å². The number of carbonyl (C=O) groups excluding carboxylic acids is 2. The predicted octanol–water partition coefficient (Wildman–Crippen LogP) is 4.45. The summed E-state index contributed by atoms with van der Waals surface area (Å²) < 4.78 is 16.2. The van der Waals surface area contributed by atoms with Crippen LogP contribution in [-0.2, 0) is 4.79 Å². The van der Waals surface area contributed by atoms with E-state index in [9.17, 15) is 9.59 Å². The third-order valence-corrected chi connectivity index (χ3v) is 5.67. The minimum Gasteiger partial charge on any atom is -0.497 e. The second kappa shape index (κ2) is 10.1. The van der Waals surface area contributed by atoms with Gasteiger partial charge in [0.2, 0.25) is 5.91 Å². The standard InChI is InChI=1S/C24H22N2O5S/c1-29-17-8-6-16(7-9-17)25-24(28)19-4-2-3-5-20(19)26-23(27)15-32-18-10-11-21-22(14-18)31-13-12-30-21/h2-11,14H,12-13,15H2,1H3,(H,25,28)(H,26,27). The molecule has 1 aliphatic rings. The number of anilines is 2. The Balaban J connectivity index is 1.37. The lowest BCUT2D eigenvalue weighted by atomic mass is 10.1. The van der Waals surface area contributed by atoms with Crippen LogP contribution in [-0.4, -0.2) is 37.9 Å². The van der Waals surface area contributed by atoms with Gasteiger partial charge in [-0.2, -0.15) is 0 Å². The molecule has 0 aromatic heterocycles. The van der Waals surface area contributed by atoms with Crippen molar-refractivity contribution in [3.63, 3.8) is 0 Å². The molecule has 1 heterocycles. The smallest absolute Gasteiger partial charge is 0.257 e. The first-order valence-corrected chi connectivity index (χ1v) is 11.0. The first kappa shape index (κ1) is 21.6. The molecule has 2 N–H and O–H groups in total. The number of benzene rings is 3. The molecular formula is C24H22N2O5S. The minimum atomic E-state index is -0.314. The van der Waals surface area contributed by atoms with Crippen LogP contribution in [0, 0.1) is 0 Å². The Morgan fingerprint density at radius 2 is 1.69 bits per heavy atom. The van der Waals surface area contributed by atoms with Crippen LogP contribution in [0.2, 0.25) is 0 Å². The Hall–Kier alpha value is -3.65. The number of carbonyl (C=O) groups is 2. The highest BCUT2D eigenvalue weighted by Gasteiger charge is 2.15. The van der Waals surface area contributed by atoms with Gasteiger partial charge in [0.05, 0.1) is 24.1 Å². The predicted molar refractivity (Wildman–Crippen MR) is 124 cm³/mol. The Morgan fingerprint density at radius 3 is 2.47 bits per heavy atom. The number of para-hydroxylation sites is 1. The SMILES string of the molecule is COc1ccc(NC(=O)c2ccccc2NC(=O)CSc2ccc3c(c2)OCCO3)cc1. The second-order valence-corrected chi connectivity index (χ2v) is 7.92. The average Bonchev–Trinajstić information content (AvgIpc) is 2.83. The van der Waals surface area contributed by atoms with Gasteiger partial charge in [-0.1, -0.05) is 12.1 Å². The summed E-state index contributed by atoms with van der Waals surface area (Å²) in [5, 5.41) is 5.66. The first-order valence-electron chi connectivity index (χ1n) is 9.99. The lowest BCUT2D eigenvalue weighted by Gasteiger charge is -2.18. The van der Waals surface area contributed by atoms with E-state index in [0.29, 0.717) is 47.4 Å². The van der Waals surface area contributed by atoms with Gasteiger partial charge in [0.15, 0.2) is 11.5 Å². The van der Waals surface area contributed by atoms with Gasteiger partial charge < -0.3 is 24.8 Å². The lowest BCUT2D eigenvalue weighted by Crippen LogP contribution is -2.19. The zero-order valence-electron chi connectivity index (χ0n) is 17.4. The van der Waals surface area contributed by atoms with Crippen molar-refractivity contribution in [2.24, 2.45) is 0 Å². The molecule has 0 bridgehead atoms. The molecule has 0 unspecified atom stereocenters.